The summed E-state index contributed by atoms with van der Waals surface area (Å²) in [6.07, 6.45) is 5.03. The fourth-order valence-electron chi connectivity index (χ4n) is 2.91. The highest BCUT2D eigenvalue weighted by atomic mass is 32.1. The van der Waals surface area contributed by atoms with E-state index in [1.165, 1.54) is 4.70 Å². The lowest BCUT2D eigenvalue weighted by atomic mass is 10.2. The van der Waals surface area contributed by atoms with Crippen LogP contribution in [0.3, 0.4) is 0 Å². The van der Waals surface area contributed by atoms with Gasteiger partial charge in [0.1, 0.15) is 0 Å². The second-order valence-corrected chi connectivity index (χ2v) is 7.43. The van der Waals surface area contributed by atoms with Gasteiger partial charge in [-0.25, -0.2) is 9.67 Å². The van der Waals surface area contributed by atoms with Gasteiger partial charge in [0.25, 0.3) is 0 Å². The molecule has 2 aromatic carbocycles. The minimum absolute atomic E-state index is 0.00221. The fraction of sp³-hybridized carbons (Fsp3) is 0.190. The molecule has 4 aromatic rings. The van der Waals surface area contributed by atoms with E-state index in [0.717, 1.165) is 35.5 Å². The Bertz CT molecular complexity index is 1010. The largest absolute Gasteiger partial charge is 0.309 e. The topological polar surface area (TPSA) is 59.8 Å². The molecule has 0 bridgehead atoms. The normalized spacial score (nSPS) is 11.0. The van der Waals surface area contributed by atoms with Crippen molar-refractivity contribution in [3.63, 3.8) is 0 Å². The number of anilines is 1. The Labute approximate surface area is 161 Å². The molecule has 5 nitrogen and oxygen atoms in total. The number of carbonyl (C=O) groups excluding carboxylic acids is 1. The van der Waals surface area contributed by atoms with Crippen LogP contribution in [0.5, 0.6) is 0 Å². The Morgan fingerprint density at radius 3 is 2.67 bits per heavy atom. The molecule has 0 saturated heterocycles. The standard InChI is InChI=1S/C21H20N4OS/c26-20(23-19-14-15-25(24-19)16-8-2-1-3-9-16)12-6-7-13-21-22-17-10-4-5-11-18(17)27-21/h1-5,8-11,14-15H,6-7,12-13H2,(H,23,24,26). The Kier molecular flexibility index (Phi) is 5.25. The molecule has 0 fully saturated rings. The smallest absolute Gasteiger partial charge is 0.225 e. The number of para-hydroxylation sites is 2. The third kappa shape index (κ3) is 4.41. The van der Waals surface area contributed by atoms with E-state index in [1.807, 2.05) is 60.8 Å². The molecular formula is C21H20N4OS. The number of rotatable bonds is 7. The molecule has 6 heteroatoms. The van der Waals surface area contributed by atoms with Gasteiger partial charge < -0.3 is 5.32 Å². The van der Waals surface area contributed by atoms with E-state index < -0.39 is 0 Å². The molecular weight excluding hydrogens is 356 g/mol. The predicted octanol–water partition coefficient (Wildman–Crippen LogP) is 4.83. The number of benzene rings is 2. The molecule has 0 radical (unpaired) electrons. The number of unbranched alkanes of at least 4 members (excludes halogenated alkanes) is 1. The molecule has 0 aliphatic carbocycles. The number of thiazole rings is 1. The quantitative estimate of drug-likeness (QED) is 0.470. The van der Waals surface area contributed by atoms with Gasteiger partial charge >= 0.3 is 0 Å². The van der Waals surface area contributed by atoms with Crippen LogP contribution < -0.4 is 5.32 Å². The summed E-state index contributed by atoms with van der Waals surface area (Å²) in [6, 6.07) is 19.8. The first kappa shape index (κ1) is 17.4. The second-order valence-electron chi connectivity index (χ2n) is 6.31. The van der Waals surface area contributed by atoms with Crippen molar-refractivity contribution in [3.8, 4) is 5.69 Å². The summed E-state index contributed by atoms with van der Waals surface area (Å²) in [5.41, 5.74) is 2.03. The van der Waals surface area contributed by atoms with Crippen molar-refractivity contribution in [1.29, 1.82) is 0 Å². The van der Waals surface area contributed by atoms with Gasteiger partial charge in [0.2, 0.25) is 5.91 Å². The molecule has 1 N–H and O–H groups in total. The lowest BCUT2D eigenvalue weighted by Gasteiger charge is -2.02. The van der Waals surface area contributed by atoms with Crippen LogP contribution in [0.15, 0.2) is 66.9 Å². The van der Waals surface area contributed by atoms with Crippen LogP contribution in [-0.2, 0) is 11.2 Å². The molecule has 0 saturated carbocycles. The number of amides is 1. The Morgan fingerprint density at radius 2 is 1.81 bits per heavy atom. The summed E-state index contributed by atoms with van der Waals surface area (Å²) in [5, 5.41) is 8.40. The zero-order valence-corrected chi connectivity index (χ0v) is 15.7. The minimum Gasteiger partial charge on any atom is -0.309 e. The number of aromatic nitrogens is 3. The van der Waals surface area contributed by atoms with E-state index in [2.05, 4.69) is 21.5 Å². The first-order chi connectivity index (χ1) is 13.3. The van der Waals surface area contributed by atoms with Crippen LogP contribution >= 0.6 is 11.3 Å². The third-order valence-electron chi connectivity index (χ3n) is 4.26. The maximum atomic E-state index is 12.1. The van der Waals surface area contributed by atoms with Gasteiger partial charge in [-0.15, -0.1) is 11.3 Å². The van der Waals surface area contributed by atoms with Gasteiger partial charge in [-0.1, -0.05) is 30.3 Å². The van der Waals surface area contributed by atoms with Crippen LogP contribution in [0.25, 0.3) is 15.9 Å². The van der Waals surface area contributed by atoms with Crippen molar-refractivity contribution in [2.24, 2.45) is 0 Å². The average molecular weight is 376 g/mol. The van der Waals surface area contributed by atoms with E-state index in [4.69, 9.17) is 0 Å². The average Bonchev–Trinajstić information content (AvgIpc) is 3.32. The monoisotopic (exact) mass is 376 g/mol. The highest BCUT2D eigenvalue weighted by Crippen LogP contribution is 2.23. The van der Waals surface area contributed by atoms with Gasteiger partial charge in [-0.05, 0) is 43.5 Å². The Balaban J connectivity index is 1.23. The summed E-state index contributed by atoms with van der Waals surface area (Å²) in [4.78, 5) is 16.8. The SMILES string of the molecule is O=C(CCCCc1nc2ccccc2s1)Nc1ccn(-c2ccccc2)n1. The molecule has 27 heavy (non-hydrogen) atoms. The number of hydrogen-bond donors (Lipinski definition) is 1. The third-order valence-corrected chi connectivity index (χ3v) is 5.36. The Morgan fingerprint density at radius 1 is 1.00 bits per heavy atom. The minimum atomic E-state index is -0.00221. The summed E-state index contributed by atoms with van der Waals surface area (Å²) >= 11 is 1.73. The zero-order chi connectivity index (χ0) is 18.5. The molecule has 136 valence electrons. The molecule has 0 aliphatic heterocycles. The molecule has 2 aromatic heterocycles. The summed E-state index contributed by atoms with van der Waals surface area (Å²) < 4.78 is 2.97. The molecule has 0 aliphatic rings. The molecule has 2 heterocycles. The number of nitrogens with one attached hydrogen (secondary N) is 1. The maximum absolute atomic E-state index is 12.1. The van der Waals surface area contributed by atoms with E-state index in [0.29, 0.717) is 12.2 Å². The van der Waals surface area contributed by atoms with Crippen molar-refractivity contribution in [2.75, 3.05) is 5.32 Å². The van der Waals surface area contributed by atoms with Crippen molar-refractivity contribution < 1.29 is 4.79 Å². The van der Waals surface area contributed by atoms with Crippen molar-refractivity contribution in [3.05, 3.63) is 71.9 Å². The van der Waals surface area contributed by atoms with Crippen LogP contribution in [0.4, 0.5) is 5.82 Å². The summed E-state index contributed by atoms with van der Waals surface area (Å²) in [5.74, 6) is 0.577. The molecule has 0 spiro atoms. The first-order valence-electron chi connectivity index (χ1n) is 9.03. The number of fused-ring (bicyclic) bond motifs is 1. The summed E-state index contributed by atoms with van der Waals surface area (Å²) in [7, 11) is 0. The molecule has 4 rings (SSSR count). The fourth-order valence-corrected chi connectivity index (χ4v) is 3.92. The van der Waals surface area contributed by atoms with E-state index >= 15 is 0 Å². The van der Waals surface area contributed by atoms with Gasteiger partial charge in [0, 0.05) is 18.7 Å². The first-order valence-corrected chi connectivity index (χ1v) is 9.85. The van der Waals surface area contributed by atoms with Gasteiger partial charge in [-0.2, -0.15) is 5.10 Å². The number of nitrogens with zero attached hydrogens (tertiary/aromatic N) is 3. The number of hydrogen-bond acceptors (Lipinski definition) is 4. The van der Waals surface area contributed by atoms with Crippen LogP contribution in [0, 0.1) is 0 Å². The van der Waals surface area contributed by atoms with E-state index in [-0.39, 0.29) is 5.91 Å². The van der Waals surface area contributed by atoms with Crippen LogP contribution in [0.1, 0.15) is 24.3 Å². The van der Waals surface area contributed by atoms with E-state index in [1.54, 1.807) is 16.0 Å². The van der Waals surface area contributed by atoms with Crippen LogP contribution in [-0.4, -0.2) is 20.7 Å². The number of carbonyl (C=O) groups is 1. The van der Waals surface area contributed by atoms with Gasteiger partial charge in [0.05, 0.1) is 20.9 Å². The van der Waals surface area contributed by atoms with Crippen LogP contribution in [0.2, 0.25) is 0 Å². The molecule has 0 atom stereocenters. The molecule has 1 amide bonds. The Hall–Kier alpha value is -2.99. The second kappa shape index (κ2) is 8.14. The lowest BCUT2D eigenvalue weighted by molar-refractivity contribution is -0.116. The maximum Gasteiger partial charge on any atom is 0.225 e. The van der Waals surface area contributed by atoms with Crippen molar-refractivity contribution in [2.45, 2.75) is 25.7 Å². The molecule has 0 unspecified atom stereocenters. The van der Waals surface area contributed by atoms with Gasteiger partial charge in [0.15, 0.2) is 5.82 Å². The zero-order valence-electron chi connectivity index (χ0n) is 14.8. The van der Waals surface area contributed by atoms with Crippen molar-refractivity contribution in [1.82, 2.24) is 14.8 Å². The van der Waals surface area contributed by atoms with Crippen molar-refractivity contribution >= 4 is 33.3 Å². The summed E-state index contributed by atoms with van der Waals surface area (Å²) in [6.45, 7) is 0. The predicted molar refractivity (Wildman–Crippen MR) is 109 cm³/mol. The van der Waals surface area contributed by atoms with E-state index in [9.17, 15) is 4.79 Å². The highest BCUT2D eigenvalue weighted by molar-refractivity contribution is 7.18. The lowest BCUT2D eigenvalue weighted by Crippen LogP contribution is -2.12. The number of aryl methyl sites for hydroxylation is 1. The van der Waals surface area contributed by atoms with Gasteiger partial charge in [-0.3, -0.25) is 4.79 Å². The highest BCUT2D eigenvalue weighted by Gasteiger charge is 2.07.